The predicted octanol–water partition coefficient (Wildman–Crippen LogP) is 0.224. The summed E-state index contributed by atoms with van der Waals surface area (Å²) in [7, 11) is -1.66. The van der Waals surface area contributed by atoms with Crippen molar-refractivity contribution in [2.24, 2.45) is 0 Å². The molecule has 2 aromatic rings. The zero-order chi connectivity index (χ0) is 13.1. The van der Waals surface area contributed by atoms with E-state index >= 15 is 0 Å². The van der Waals surface area contributed by atoms with Crippen molar-refractivity contribution >= 4 is 24.3 Å². The van der Waals surface area contributed by atoms with E-state index in [4.69, 9.17) is 10.0 Å². The quantitative estimate of drug-likeness (QED) is 0.545. The first-order chi connectivity index (χ1) is 8.56. The number of aromatic nitrogens is 3. The number of benzene rings is 1. The summed E-state index contributed by atoms with van der Waals surface area (Å²) in [4.78, 5) is 4.10. The monoisotopic (exact) mass is 267 g/mol. The smallest absolute Gasteiger partial charge is 0.423 e. The maximum absolute atomic E-state index is 13.6. The number of nitrogens with one attached hydrogen (secondary N) is 1. The molecule has 0 atom stereocenters. The number of halogens is 1. The van der Waals surface area contributed by atoms with Crippen molar-refractivity contribution < 1.29 is 14.4 Å². The summed E-state index contributed by atoms with van der Waals surface area (Å²) in [5.41, 5.74) is 0.599. The molecule has 18 heavy (non-hydrogen) atoms. The summed E-state index contributed by atoms with van der Waals surface area (Å²) < 4.78 is 13.6. The molecule has 8 heteroatoms. The second-order valence-corrected chi connectivity index (χ2v) is 4.66. The lowest BCUT2D eigenvalue weighted by Gasteiger charge is -2.04. The van der Waals surface area contributed by atoms with Gasteiger partial charge in [0.2, 0.25) is 5.16 Å². The van der Waals surface area contributed by atoms with Crippen molar-refractivity contribution in [2.75, 3.05) is 0 Å². The van der Waals surface area contributed by atoms with Gasteiger partial charge >= 0.3 is 7.12 Å². The van der Waals surface area contributed by atoms with Crippen LogP contribution in [0.25, 0.3) is 0 Å². The lowest BCUT2D eigenvalue weighted by Crippen LogP contribution is -2.30. The molecule has 0 aliphatic heterocycles. The highest BCUT2D eigenvalue weighted by Gasteiger charge is 2.13. The summed E-state index contributed by atoms with van der Waals surface area (Å²) in [6.45, 7) is 1.79. The Balaban J connectivity index is 2.05. The Kier molecular flexibility index (Phi) is 4.00. The fourth-order valence-electron chi connectivity index (χ4n) is 1.37. The molecule has 1 aromatic heterocycles. The number of rotatable bonds is 4. The molecule has 0 saturated heterocycles. The lowest BCUT2D eigenvalue weighted by molar-refractivity contribution is 0.425. The fraction of sp³-hybridized carbons (Fsp3) is 0.200. The molecule has 3 N–H and O–H groups in total. The van der Waals surface area contributed by atoms with Crippen LogP contribution in [-0.2, 0) is 5.75 Å². The maximum atomic E-state index is 13.6. The molecule has 0 unspecified atom stereocenters. The number of thioether (sulfide) groups is 1. The van der Waals surface area contributed by atoms with Gasteiger partial charge in [0, 0.05) is 5.75 Å². The second kappa shape index (κ2) is 5.51. The Hall–Kier alpha value is -1.38. The highest BCUT2D eigenvalue weighted by molar-refractivity contribution is 7.98. The van der Waals surface area contributed by atoms with E-state index in [0.29, 0.717) is 22.3 Å². The van der Waals surface area contributed by atoms with Crippen LogP contribution in [0.2, 0.25) is 0 Å². The molecule has 0 fully saturated rings. The van der Waals surface area contributed by atoms with Crippen LogP contribution in [0.3, 0.4) is 0 Å². The molecule has 0 spiro atoms. The van der Waals surface area contributed by atoms with Crippen molar-refractivity contribution in [3.8, 4) is 0 Å². The minimum Gasteiger partial charge on any atom is -0.423 e. The zero-order valence-electron chi connectivity index (χ0n) is 9.59. The van der Waals surface area contributed by atoms with Gasteiger partial charge in [0.15, 0.2) is 0 Å². The van der Waals surface area contributed by atoms with E-state index in [0.717, 1.165) is 6.07 Å². The summed E-state index contributed by atoms with van der Waals surface area (Å²) in [6.07, 6.45) is 0. The Morgan fingerprint density at radius 2 is 2.22 bits per heavy atom. The molecule has 94 valence electrons. The first-order valence-electron chi connectivity index (χ1n) is 5.22. The molecule has 1 aromatic carbocycles. The second-order valence-electron chi connectivity index (χ2n) is 3.72. The largest absolute Gasteiger partial charge is 0.488 e. The van der Waals surface area contributed by atoms with Gasteiger partial charge in [-0.05, 0) is 24.0 Å². The number of hydrogen-bond donors (Lipinski definition) is 3. The van der Waals surface area contributed by atoms with Gasteiger partial charge in [-0.15, -0.1) is 5.10 Å². The molecule has 0 aliphatic carbocycles. The third kappa shape index (κ3) is 3.09. The maximum Gasteiger partial charge on any atom is 0.488 e. The van der Waals surface area contributed by atoms with Crippen molar-refractivity contribution in [2.45, 2.75) is 17.8 Å². The molecule has 0 saturated carbocycles. The number of aryl methyl sites for hydroxylation is 1. The van der Waals surface area contributed by atoms with E-state index in [1.54, 1.807) is 6.92 Å². The number of H-pyrrole nitrogens is 1. The molecular weight excluding hydrogens is 256 g/mol. The lowest BCUT2D eigenvalue weighted by atomic mass is 9.80. The standard InChI is InChI=1S/C10H11BFN3O2S/c1-6-13-10(15-14-6)18-5-7-2-3-8(11(16)17)4-9(7)12/h2-4,16-17H,5H2,1H3,(H,13,14,15). The summed E-state index contributed by atoms with van der Waals surface area (Å²) >= 11 is 1.30. The van der Waals surface area contributed by atoms with Crippen molar-refractivity contribution in [1.29, 1.82) is 0 Å². The van der Waals surface area contributed by atoms with E-state index < -0.39 is 12.9 Å². The summed E-state index contributed by atoms with van der Waals surface area (Å²) in [5, 5.41) is 25.0. The van der Waals surface area contributed by atoms with Gasteiger partial charge in [0.05, 0.1) is 0 Å². The molecule has 0 bridgehead atoms. The normalized spacial score (nSPS) is 10.7. The van der Waals surface area contributed by atoms with Gasteiger partial charge in [0.25, 0.3) is 0 Å². The molecule has 1 heterocycles. The molecule has 0 radical (unpaired) electrons. The predicted molar refractivity (Wildman–Crippen MR) is 66.9 cm³/mol. The van der Waals surface area contributed by atoms with Crippen LogP contribution in [-0.4, -0.2) is 32.3 Å². The van der Waals surface area contributed by atoms with Gasteiger partial charge in [0.1, 0.15) is 11.6 Å². The third-order valence-electron chi connectivity index (χ3n) is 2.31. The van der Waals surface area contributed by atoms with Gasteiger partial charge < -0.3 is 10.0 Å². The first-order valence-corrected chi connectivity index (χ1v) is 6.21. The van der Waals surface area contributed by atoms with E-state index in [1.165, 1.54) is 23.9 Å². The molecule has 2 rings (SSSR count). The van der Waals surface area contributed by atoms with E-state index in [9.17, 15) is 4.39 Å². The highest BCUT2D eigenvalue weighted by atomic mass is 32.2. The van der Waals surface area contributed by atoms with Crippen LogP contribution in [0.5, 0.6) is 0 Å². The number of hydrogen-bond acceptors (Lipinski definition) is 5. The highest BCUT2D eigenvalue weighted by Crippen LogP contribution is 2.20. The summed E-state index contributed by atoms with van der Waals surface area (Å²) in [5.74, 6) is 0.613. The van der Waals surface area contributed by atoms with Crippen LogP contribution in [0.4, 0.5) is 4.39 Å². The third-order valence-corrected chi connectivity index (χ3v) is 3.20. The van der Waals surface area contributed by atoms with E-state index in [1.807, 2.05) is 0 Å². The minimum absolute atomic E-state index is 0.134. The Bertz CT molecular complexity index is 550. The molecule has 5 nitrogen and oxygen atoms in total. The van der Waals surface area contributed by atoms with Gasteiger partial charge in [-0.25, -0.2) is 9.37 Å². The van der Waals surface area contributed by atoms with Crippen molar-refractivity contribution in [3.63, 3.8) is 0 Å². The fourth-order valence-corrected chi connectivity index (χ4v) is 2.20. The molecule has 0 aliphatic rings. The molecular formula is C10H11BFN3O2S. The Morgan fingerprint density at radius 1 is 1.44 bits per heavy atom. The van der Waals surface area contributed by atoms with Crippen LogP contribution in [0.1, 0.15) is 11.4 Å². The average molecular weight is 267 g/mol. The van der Waals surface area contributed by atoms with Gasteiger partial charge in [-0.3, -0.25) is 5.10 Å². The van der Waals surface area contributed by atoms with Gasteiger partial charge in [-0.1, -0.05) is 23.9 Å². The topological polar surface area (TPSA) is 82.0 Å². The van der Waals surface area contributed by atoms with E-state index in [2.05, 4.69) is 15.2 Å². The van der Waals surface area contributed by atoms with Crippen molar-refractivity contribution in [1.82, 2.24) is 15.2 Å². The van der Waals surface area contributed by atoms with Crippen LogP contribution < -0.4 is 5.46 Å². The van der Waals surface area contributed by atoms with Crippen LogP contribution in [0, 0.1) is 12.7 Å². The number of nitrogens with zero attached hydrogens (tertiary/aromatic N) is 2. The molecule has 0 amide bonds. The Labute approximate surface area is 108 Å². The summed E-state index contributed by atoms with van der Waals surface area (Å²) in [6, 6.07) is 4.12. The minimum atomic E-state index is -1.66. The average Bonchev–Trinajstić information content (AvgIpc) is 2.73. The Morgan fingerprint density at radius 3 is 2.78 bits per heavy atom. The van der Waals surface area contributed by atoms with Gasteiger partial charge in [-0.2, -0.15) is 0 Å². The zero-order valence-corrected chi connectivity index (χ0v) is 10.4. The number of aromatic amines is 1. The SMILES string of the molecule is Cc1nc(SCc2ccc(B(O)O)cc2F)n[nH]1. The van der Waals surface area contributed by atoms with Crippen LogP contribution in [0.15, 0.2) is 23.4 Å². The van der Waals surface area contributed by atoms with Crippen molar-refractivity contribution in [3.05, 3.63) is 35.4 Å². The first kappa shape index (κ1) is 13.1. The van der Waals surface area contributed by atoms with Crippen LogP contribution >= 0.6 is 11.8 Å². The van der Waals surface area contributed by atoms with E-state index in [-0.39, 0.29) is 5.46 Å².